The lowest BCUT2D eigenvalue weighted by molar-refractivity contribution is 0.280. The zero-order valence-corrected chi connectivity index (χ0v) is 13.7. The largest absolute Gasteiger partial charge is 0.472 e. The maximum atomic E-state index is 6.01. The van der Waals surface area contributed by atoms with E-state index in [1.165, 1.54) is 0 Å². The Labute approximate surface area is 139 Å². The molecule has 6 nitrogen and oxygen atoms in total. The zero-order valence-electron chi connectivity index (χ0n) is 13.7. The number of aromatic nitrogens is 1. The van der Waals surface area contributed by atoms with Crippen LogP contribution >= 0.6 is 0 Å². The van der Waals surface area contributed by atoms with Gasteiger partial charge in [-0.2, -0.15) is 0 Å². The van der Waals surface area contributed by atoms with E-state index in [1.807, 2.05) is 24.3 Å². The molecule has 3 aromatic rings. The molecule has 0 saturated heterocycles. The molecule has 6 heteroatoms. The number of hydrogen-bond acceptors (Lipinski definition) is 6. The van der Waals surface area contributed by atoms with Crippen molar-refractivity contribution in [3.8, 4) is 11.7 Å². The van der Waals surface area contributed by atoms with E-state index in [9.17, 15) is 0 Å². The molecule has 4 rings (SSSR count). The van der Waals surface area contributed by atoms with Crippen molar-refractivity contribution < 1.29 is 13.7 Å². The number of benzene rings is 1. The number of anilines is 2. The summed E-state index contributed by atoms with van der Waals surface area (Å²) in [6, 6.07) is 7.57. The normalized spacial score (nSPS) is 15.5. The Morgan fingerprint density at radius 3 is 2.75 bits per heavy atom. The molecular formula is C18H19N3O3. The van der Waals surface area contributed by atoms with Crippen molar-refractivity contribution in [2.24, 2.45) is 0 Å². The fourth-order valence-electron chi connectivity index (χ4n) is 3.27. The van der Waals surface area contributed by atoms with E-state index in [1.54, 1.807) is 12.5 Å². The standard InChI is InChI=1S/C18H19N3O3/c1-3-21(4-2)17-16-15(11-7-8-22-10-11)13-9-12(19)5-6-14(13)23-18(16)24-20-17/h5-10,15H,3-4,19H2,1-2H3/t15-/m1/s1. The summed E-state index contributed by atoms with van der Waals surface area (Å²) < 4.78 is 16.8. The van der Waals surface area contributed by atoms with Crippen LogP contribution in [0.4, 0.5) is 11.5 Å². The average molecular weight is 325 g/mol. The summed E-state index contributed by atoms with van der Waals surface area (Å²) in [6.07, 6.45) is 3.41. The van der Waals surface area contributed by atoms with Crippen LogP contribution in [0.1, 0.15) is 36.5 Å². The predicted octanol–water partition coefficient (Wildman–Crippen LogP) is 3.98. The van der Waals surface area contributed by atoms with Crippen LogP contribution in [-0.4, -0.2) is 18.2 Å². The monoisotopic (exact) mass is 325 g/mol. The van der Waals surface area contributed by atoms with Crippen LogP contribution in [0.3, 0.4) is 0 Å². The molecule has 0 aliphatic carbocycles. The lowest BCUT2D eigenvalue weighted by atomic mass is 9.85. The molecular weight excluding hydrogens is 306 g/mol. The first kappa shape index (κ1) is 14.7. The molecule has 0 unspecified atom stereocenters. The van der Waals surface area contributed by atoms with E-state index < -0.39 is 0 Å². The number of nitrogen functional groups attached to an aromatic ring is 1. The molecule has 0 spiro atoms. The lowest BCUT2D eigenvalue weighted by Crippen LogP contribution is -2.24. The minimum Gasteiger partial charge on any atom is -0.472 e. The minimum atomic E-state index is -0.0900. The Hall–Kier alpha value is -2.89. The van der Waals surface area contributed by atoms with Gasteiger partial charge in [-0.3, -0.25) is 0 Å². The predicted molar refractivity (Wildman–Crippen MR) is 90.6 cm³/mol. The van der Waals surface area contributed by atoms with Gasteiger partial charge < -0.3 is 24.3 Å². The first-order chi connectivity index (χ1) is 11.7. The number of rotatable bonds is 4. The van der Waals surface area contributed by atoms with Crippen LogP contribution in [0, 0.1) is 0 Å². The van der Waals surface area contributed by atoms with Gasteiger partial charge in [0.1, 0.15) is 5.75 Å². The molecule has 0 fully saturated rings. The second-order valence-electron chi connectivity index (χ2n) is 5.77. The Bertz CT molecular complexity index is 851. The summed E-state index contributed by atoms with van der Waals surface area (Å²) in [5.74, 6) is 1.87. The second-order valence-corrected chi connectivity index (χ2v) is 5.77. The summed E-state index contributed by atoms with van der Waals surface area (Å²) in [4.78, 5) is 2.15. The SMILES string of the molecule is CCN(CC)c1noc2c1[C@H](c1ccoc1)c1cc(N)ccc1O2. The van der Waals surface area contributed by atoms with Crippen molar-refractivity contribution >= 4 is 11.5 Å². The molecule has 0 bridgehead atoms. The van der Waals surface area contributed by atoms with Crippen LogP contribution in [0.5, 0.6) is 11.7 Å². The molecule has 2 aromatic heterocycles. The van der Waals surface area contributed by atoms with Gasteiger partial charge in [-0.25, -0.2) is 0 Å². The summed E-state index contributed by atoms with van der Waals surface area (Å²) in [6.45, 7) is 5.84. The smallest absolute Gasteiger partial charge is 0.323 e. The highest BCUT2D eigenvalue weighted by Crippen LogP contribution is 2.51. The van der Waals surface area contributed by atoms with Crippen molar-refractivity contribution in [3.63, 3.8) is 0 Å². The average Bonchev–Trinajstić information content (AvgIpc) is 3.24. The lowest BCUT2D eigenvalue weighted by Gasteiger charge is -2.27. The Morgan fingerprint density at radius 1 is 1.21 bits per heavy atom. The summed E-state index contributed by atoms with van der Waals surface area (Å²) in [7, 11) is 0. The van der Waals surface area contributed by atoms with Crippen molar-refractivity contribution in [1.29, 1.82) is 0 Å². The van der Waals surface area contributed by atoms with E-state index in [2.05, 4.69) is 23.9 Å². The molecule has 1 aromatic carbocycles. The quantitative estimate of drug-likeness (QED) is 0.572. The molecule has 0 radical (unpaired) electrons. The number of fused-ring (bicyclic) bond motifs is 2. The van der Waals surface area contributed by atoms with Gasteiger partial charge in [0, 0.05) is 29.9 Å². The number of ether oxygens (including phenoxy) is 1. The zero-order chi connectivity index (χ0) is 16.7. The number of hydrogen-bond donors (Lipinski definition) is 1. The first-order valence-corrected chi connectivity index (χ1v) is 8.06. The maximum Gasteiger partial charge on any atom is 0.323 e. The van der Waals surface area contributed by atoms with E-state index in [0.29, 0.717) is 11.6 Å². The van der Waals surface area contributed by atoms with Crippen molar-refractivity contribution in [1.82, 2.24) is 5.16 Å². The molecule has 0 amide bonds. The van der Waals surface area contributed by atoms with Crippen LogP contribution in [0.15, 0.2) is 45.7 Å². The van der Waals surface area contributed by atoms with E-state index in [0.717, 1.165) is 41.3 Å². The molecule has 1 aliphatic heterocycles. The van der Waals surface area contributed by atoms with Crippen LogP contribution in [0.2, 0.25) is 0 Å². The van der Waals surface area contributed by atoms with Gasteiger partial charge in [0.25, 0.3) is 0 Å². The van der Waals surface area contributed by atoms with E-state index in [4.69, 9.17) is 19.4 Å². The molecule has 124 valence electrons. The third kappa shape index (κ3) is 2.14. The third-order valence-corrected chi connectivity index (χ3v) is 4.45. The van der Waals surface area contributed by atoms with E-state index >= 15 is 0 Å². The number of nitrogens with two attached hydrogens (primary N) is 1. The van der Waals surface area contributed by atoms with Gasteiger partial charge in [0.15, 0.2) is 5.82 Å². The maximum absolute atomic E-state index is 6.01. The third-order valence-electron chi connectivity index (χ3n) is 4.45. The highest BCUT2D eigenvalue weighted by atomic mass is 16.6. The van der Waals surface area contributed by atoms with Crippen molar-refractivity contribution in [2.45, 2.75) is 19.8 Å². The van der Waals surface area contributed by atoms with Gasteiger partial charge in [-0.1, -0.05) is 5.16 Å². The Kier molecular flexibility index (Phi) is 3.45. The minimum absolute atomic E-state index is 0.0900. The second kappa shape index (κ2) is 5.63. The molecule has 1 aliphatic rings. The van der Waals surface area contributed by atoms with Gasteiger partial charge >= 0.3 is 5.95 Å². The van der Waals surface area contributed by atoms with Gasteiger partial charge in [-0.05, 0) is 38.1 Å². The molecule has 1 atom stereocenters. The fourth-order valence-corrected chi connectivity index (χ4v) is 3.27. The molecule has 3 heterocycles. The number of furan rings is 1. The van der Waals surface area contributed by atoms with Crippen LogP contribution in [0.25, 0.3) is 0 Å². The molecule has 2 N–H and O–H groups in total. The summed E-state index contributed by atoms with van der Waals surface area (Å²) in [5.41, 5.74) is 9.62. The Balaban J connectivity index is 1.94. The Morgan fingerprint density at radius 2 is 2.04 bits per heavy atom. The summed E-state index contributed by atoms with van der Waals surface area (Å²) >= 11 is 0. The number of nitrogens with zero attached hydrogens (tertiary/aromatic N) is 2. The van der Waals surface area contributed by atoms with Crippen molar-refractivity contribution in [2.75, 3.05) is 23.7 Å². The van der Waals surface area contributed by atoms with Crippen molar-refractivity contribution in [3.05, 3.63) is 53.5 Å². The summed E-state index contributed by atoms with van der Waals surface area (Å²) in [5, 5.41) is 4.27. The first-order valence-electron chi connectivity index (χ1n) is 8.06. The highest BCUT2D eigenvalue weighted by molar-refractivity contribution is 5.66. The highest BCUT2D eigenvalue weighted by Gasteiger charge is 2.37. The van der Waals surface area contributed by atoms with Crippen LogP contribution in [-0.2, 0) is 0 Å². The van der Waals surface area contributed by atoms with Gasteiger partial charge in [0.2, 0.25) is 0 Å². The van der Waals surface area contributed by atoms with Crippen LogP contribution < -0.4 is 15.4 Å². The van der Waals surface area contributed by atoms with Gasteiger partial charge in [-0.15, -0.1) is 0 Å². The van der Waals surface area contributed by atoms with E-state index in [-0.39, 0.29) is 5.92 Å². The fraction of sp³-hybridized carbons (Fsp3) is 0.278. The topological polar surface area (TPSA) is 77.7 Å². The van der Waals surface area contributed by atoms with Gasteiger partial charge in [0.05, 0.1) is 24.0 Å². The molecule has 24 heavy (non-hydrogen) atoms. The molecule has 0 saturated carbocycles.